The zero-order valence-corrected chi connectivity index (χ0v) is 9.56. The Morgan fingerprint density at radius 2 is 2.29 bits per heavy atom. The van der Waals surface area contributed by atoms with E-state index in [4.69, 9.17) is 11.6 Å². The first-order chi connectivity index (χ1) is 6.79. The van der Waals surface area contributed by atoms with E-state index in [-0.39, 0.29) is 0 Å². The fourth-order valence-electron chi connectivity index (χ4n) is 2.07. The van der Waals surface area contributed by atoms with Gasteiger partial charge in [0.25, 0.3) is 0 Å². The largest absolute Gasteiger partial charge is 0.309 e. The van der Waals surface area contributed by atoms with Gasteiger partial charge in [0, 0.05) is 37.3 Å². The zero-order chi connectivity index (χ0) is 9.97. The van der Waals surface area contributed by atoms with Crippen molar-refractivity contribution in [3.05, 3.63) is 11.1 Å². The third-order valence-corrected chi connectivity index (χ3v) is 3.51. The molecule has 3 heteroatoms. The van der Waals surface area contributed by atoms with E-state index >= 15 is 0 Å². The third kappa shape index (κ3) is 2.72. The minimum absolute atomic E-state index is 0.683. The summed E-state index contributed by atoms with van der Waals surface area (Å²) in [6, 6.07) is 1.61. The Balaban J connectivity index is 1.67. The molecule has 2 aliphatic rings. The van der Waals surface area contributed by atoms with Crippen LogP contribution in [-0.4, -0.2) is 36.6 Å². The highest BCUT2D eigenvalue weighted by Crippen LogP contribution is 2.29. The van der Waals surface area contributed by atoms with Gasteiger partial charge in [-0.3, -0.25) is 4.90 Å². The van der Waals surface area contributed by atoms with Crippen molar-refractivity contribution in [3.63, 3.8) is 0 Å². The summed E-state index contributed by atoms with van der Waals surface area (Å²) in [6.07, 6.45) is 4.15. The highest BCUT2D eigenvalue weighted by Gasteiger charge is 2.33. The molecule has 1 unspecified atom stereocenters. The molecule has 2 fully saturated rings. The van der Waals surface area contributed by atoms with Crippen molar-refractivity contribution in [2.45, 2.75) is 38.3 Å². The third-order valence-electron chi connectivity index (χ3n) is 3.14. The molecule has 1 N–H and O–H groups in total. The summed E-state index contributed by atoms with van der Waals surface area (Å²) in [4.78, 5) is 2.62. The molecule has 2 nitrogen and oxygen atoms in total. The summed E-state index contributed by atoms with van der Waals surface area (Å²) in [7, 11) is 0. The van der Waals surface area contributed by atoms with Gasteiger partial charge in [0.05, 0.1) is 0 Å². The molecule has 80 valence electrons. The first-order valence-electron chi connectivity index (χ1n) is 5.53. The normalized spacial score (nSPS) is 29.9. The van der Waals surface area contributed by atoms with Crippen molar-refractivity contribution >= 4 is 11.6 Å². The molecule has 0 amide bonds. The lowest BCUT2D eigenvalue weighted by atomic mass is 10.2. The highest BCUT2D eigenvalue weighted by molar-refractivity contribution is 6.25. The van der Waals surface area contributed by atoms with Gasteiger partial charge >= 0.3 is 0 Å². The molecular formula is C11H19ClN2. The Morgan fingerprint density at radius 1 is 1.50 bits per heavy atom. The van der Waals surface area contributed by atoms with Gasteiger partial charge in [-0.15, -0.1) is 0 Å². The molecule has 1 saturated carbocycles. The van der Waals surface area contributed by atoms with Crippen LogP contribution in [0.2, 0.25) is 0 Å². The molecule has 0 bridgehead atoms. The van der Waals surface area contributed by atoms with Gasteiger partial charge in [-0.25, -0.2) is 0 Å². The van der Waals surface area contributed by atoms with Gasteiger partial charge in [-0.1, -0.05) is 11.6 Å². The molecule has 14 heavy (non-hydrogen) atoms. The zero-order valence-electron chi connectivity index (χ0n) is 8.80. The van der Waals surface area contributed by atoms with E-state index in [0.29, 0.717) is 6.04 Å². The van der Waals surface area contributed by atoms with Crippen molar-refractivity contribution in [2.75, 3.05) is 19.6 Å². The minimum Gasteiger partial charge on any atom is -0.309 e. The summed E-state index contributed by atoms with van der Waals surface area (Å²) in [5.74, 6) is 0. The van der Waals surface area contributed by atoms with Gasteiger partial charge in [-0.05, 0) is 31.8 Å². The lowest BCUT2D eigenvalue weighted by Gasteiger charge is -2.15. The number of hydrogen-bond acceptors (Lipinski definition) is 2. The average Bonchev–Trinajstić information content (AvgIpc) is 2.95. The minimum atomic E-state index is 0.683. The second-order valence-corrected chi connectivity index (χ2v) is 4.77. The number of halogens is 1. The topological polar surface area (TPSA) is 15.3 Å². The van der Waals surface area contributed by atoms with Crippen LogP contribution in [0.4, 0.5) is 0 Å². The van der Waals surface area contributed by atoms with Crippen LogP contribution in [0.3, 0.4) is 0 Å². The van der Waals surface area contributed by atoms with Crippen molar-refractivity contribution < 1.29 is 0 Å². The van der Waals surface area contributed by atoms with E-state index in [1.54, 1.807) is 5.54 Å². The molecule has 0 aromatic rings. The number of likely N-dealkylation sites (tertiary alicyclic amines) is 1. The summed E-state index contributed by atoms with van der Waals surface area (Å²) < 4.78 is 0. The number of nitrogens with zero attached hydrogens (tertiary/aromatic N) is 1. The maximum absolute atomic E-state index is 5.61. The van der Waals surface area contributed by atoms with Crippen LogP contribution < -0.4 is 5.32 Å². The average molecular weight is 215 g/mol. The predicted molar refractivity (Wildman–Crippen MR) is 60.6 cm³/mol. The van der Waals surface area contributed by atoms with Crippen LogP contribution in [-0.2, 0) is 0 Å². The molecule has 0 aromatic heterocycles. The van der Waals surface area contributed by atoms with E-state index in [1.165, 1.54) is 37.9 Å². The van der Waals surface area contributed by atoms with Crippen molar-refractivity contribution in [2.24, 2.45) is 0 Å². The fraction of sp³-hybridized carbons (Fsp3) is 0.818. The van der Waals surface area contributed by atoms with Crippen LogP contribution in [0.1, 0.15) is 26.2 Å². The molecule has 1 aliphatic carbocycles. The van der Waals surface area contributed by atoms with Crippen LogP contribution in [0.5, 0.6) is 0 Å². The molecule has 2 rings (SSSR count). The summed E-state index contributed by atoms with van der Waals surface area (Å²) >= 11 is 5.61. The molecule has 0 radical (unpaired) electrons. The van der Waals surface area contributed by atoms with Gasteiger partial charge in [0.2, 0.25) is 0 Å². The second kappa shape index (κ2) is 4.65. The predicted octanol–water partition coefficient (Wildman–Crippen LogP) is 1.96. The smallest absolute Gasteiger partial charge is 0.0210 e. The van der Waals surface area contributed by atoms with Gasteiger partial charge in [0.1, 0.15) is 0 Å². The Labute approximate surface area is 91.3 Å². The maximum Gasteiger partial charge on any atom is 0.0210 e. The Kier molecular flexibility index (Phi) is 3.47. The lowest BCUT2D eigenvalue weighted by molar-refractivity contribution is 0.318. The van der Waals surface area contributed by atoms with Crippen molar-refractivity contribution in [1.29, 1.82) is 0 Å². The number of hydrogen-bond donors (Lipinski definition) is 1. The molecule has 0 spiro atoms. The highest BCUT2D eigenvalue weighted by atomic mass is 35.5. The number of nitrogens with one attached hydrogen (secondary N) is 1. The van der Waals surface area contributed by atoms with Crippen LogP contribution in [0, 0.1) is 0 Å². The lowest BCUT2D eigenvalue weighted by Crippen LogP contribution is -2.34. The molecular weight excluding hydrogens is 196 g/mol. The fourth-order valence-corrected chi connectivity index (χ4v) is 2.15. The first-order valence-corrected chi connectivity index (χ1v) is 5.96. The summed E-state index contributed by atoms with van der Waals surface area (Å²) in [5.41, 5.74) is 2.89. The quantitative estimate of drug-likeness (QED) is 0.770. The standard InChI is InChI=1S/C11H19ClN2/c1-9(6-12)7-13-10-4-5-14(8-10)11-2-3-11/h6,10-11,13H,2-5,7-8H2,1H3. The molecule has 1 atom stereocenters. The van der Waals surface area contributed by atoms with Crippen LogP contribution in [0.15, 0.2) is 11.1 Å². The second-order valence-electron chi connectivity index (χ2n) is 4.55. The molecule has 1 heterocycles. The van der Waals surface area contributed by atoms with Crippen molar-refractivity contribution in [3.8, 4) is 0 Å². The Hall–Kier alpha value is -0.0500. The summed E-state index contributed by atoms with van der Waals surface area (Å²) in [5, 5.41) is 3.55. The van der Waals surface area contributed by atoms with Crippen molar-refractivity contribution in [1.82, 2.24) is 10.2 Å². The summed E-state index contributed by atoms with van der Waals surface area (Å²) in [6.45, 7) is 5.52. The van der Waals surface area contributed by atoms with E-state index in [1.807, 2.05) is 0 Å². The van der Waals surface area contributed by atoms with Gasteiger partial charge in [0.15, 0.2) is 0 Å². The van der Waals surface area contributed by atoms with Crippen LogP contribution >= 0.6 is 11.6 Å². The molecule has 1 saturated heterocycles. The molecule has 1 aliphatic heterocycles. The Bertz CT molecular complexity index is 223. The number of rotatable bonds is 4. The van der Waals surface area contributed by atoms with Gasteiger partial charge in [-0.2, -0.15) is 0 Å². The van der Waals surface area contributed by atoms with E-state index in [9.17, 15) is 0 Å². The van der Waals surface area contributed by atoms with E-state index < -0.39 is 0 Å². The van der Waals surface area contributed by atoms with Gasteiger partial charge < -0.3 is 5.32 Å². The van der Waals surface area contributed by atoms with E-state index in [2.05, 4.69) is 17.1 Å². The van der Waals surface area contributed by atoms with Crippen LogP contribution in [0.25, 0.3) is 0 Å². The maximum atomic E-state index is 5.61. The SMILES string of the molecule is CC(=CCl)CNC1CCN(C2CC2)C1. The Morgan fingerprint density at radius 3 is 2.93 bits per heavy atom. The first kappa shape index (κ1) is 10.5. The monoisotopic (exact) mass is 214 g/mol. The molecule has 0 aromatic carbocycles. The van der Waals surface area contributed by atoms with E-state index in [0.717, 1.165) is 12.6 Å².